The van der Waals surface area contributed by atoms with Gasteiger partial charge in [-0.3, -0.25) is 9.71 Å². The van der Waals surface area contributed by atoms with E-state index in [2.05, 4.69) is 9.71 Å². The number of para-hydroxylation sites is 1. The molecule has 5 aromatic rings. The maximum Gasteiger partial charge on any atom is 0.261 e. The molecule has 0 bridgehead atoms. The van der Waals surface area contributed by atoms with E-state index in [0.717, 1.165) is 21.7 Å². The Morgan fingerprint density at radius 2 is 1.42 bits per heavy atom. The molecule has 0 aliphatic carbocycles. The highest BCUT2D eigenvalue weighted by Crippen LogP contribution is 2.39. The number of ether oxygens (including phenoxy) is 1. The van der Waals surface area contributed by atoms with E-state index in [1.54, 1.807) is 24.4 Å². The number of hydrogen-bond acceptors (Lipinski definition) is 4. The molecule has 0 aliphatic heterocycles. The monoisotopic (exact) mass is 494 g/mol. The number of fused-ring (bicyclic) bond motifs is 2. The van der Waals surface area contributed by atoms with E-state index in [4.69, 9.17) is 27.9 Å². The number of nitrogens with zero attached hydrogens (tertiary/aromatic N) is 1. The van der Waals surface area contributed by atoms with Crippen LogP contribution in [0.1, 0.15) is 0 Å². The minimum Gasteiger partial charge on any atom is -0.453 e. The molecule has 0 atom stereocenters. The summed E-state index contributed by atoms with van der Waals surface area (Å²) in [6, 6.07) is 24.8. The summed E-state index contributed by atoms with van der Waals surface area (Å²) in [5, 5.41) is 3.00. The first kappa shape index (κ1) is 21.5. The van der Waals surface area contributed by atoms with Crippen molar-refractivity contribution >= 4 is 60.6 Å². The van der Waals surface area contributed by atoms with Crippen molar-refractivity contribution in [2.75, 3.05) is 4.72 Å². The van der Waals surface area contributed by atoms with Gasteiger partial charge >= 0.3 is 0 Å². The lowest BCUT2D eigenvalue weighted by Crippen LogP contribution is -2.13. The Hall–Kier alpha value is -3.32. The Labute approximate surface area is 200 Å². The normalized spacial score (nSPS) is 11.6. The summed E-state index contributed by atoms with van der Waals surface area (Å²) in [6.45, 7) is 0. The van der Waals surface area contributed by atoms with Crippen molar-refractivity contribution in [1.29, 1.82) is 0 Å². The summed E-state index contributed by atoms with van der Waals surface area (Å²) in [5.74, 6) is 0.672. The van der Waals surface area contributed by atoms with Crippen molar-refractivity contribution in [2.45, 2.75) is 4.90 Å². The van der Waals surface area contributed by atoms with E-state index in [-0.39, 0.29) is 26.4 Å². The molecule has 0 saturated heterocycles. The minimum atomic E-state index is -3.85. The number of benzene rings is 4. The van der Waals surface area contributed by atoms with Crippen LogP contribution >= 0.6 is 23.2 Å². The molecule has 1 N–H and O–H groups in total. The van der Waals surface area contributed by atoms with Crippen molar-refractivity contribution in [3.05, 3.63) is 101 Å². The van der Waals surface area contributed by atoms with Crippen LogP contribution in [-0.4, -0.2) is 13.4 Å². The summed E-state index contributed by atoms with van der Waals surface area (Å²) in [5.41, 5.74) is 1.06. The molecule has 33 heavy (non-hydrogen) atoms. The number of sulfonamides is 1. The van der Waals surface area contributed by atoms with Crippen LogP contribution in [0.4, 0.5) is 5.69 Å². The molecule has 1 aromatic heterocycles. The summed E-state index contributed by atoms with van der Waals surface area (Å²) in [6.07, 6.45) is 1.57. The zero-order valence-corrected chi connectivity index (χ0v) is 19.3. The predicted octanol–water partition coefficient (Wildman–Crippen LogP) is 7.29. The largest absolute Gasteiger partial charge is 0.453 e. The van der Waals surface area contributed by atoms with Gasteiger partial charge in [-0.25, -0.2) is 8.42 Å². The number of pyridine rings is 1. The van der Waals surface area contributed by atoms with Crippen LogP contribution in [0.2, 0.25) is 10.0 Å². The number of hydrogen-bond donors (Lipinski definition) is 1. The molecule has 4 aromatic carbocycles. The van der Waals surface area contributed by atoms with E-state index in [0.29, 0.717) is 5.75 Å². The predicted molar refractivity (Wildman–Crippen MR) is 133 cm³/mol. The molecule has 164 valence electrons. The lowest BCUT2D eigenvalue weighted by atomic mass is 10.1. The Kier molecular flexibility index (Phi) is 5.58. The number of halogens is 2. The fourth-order valence-corrected chi connectivity index (χ4v) is 5.13. The van der Waals surface area contributed by atoms with Gasteiger partial charge in [0.2, 0.25) is 0 Å². The molecule has 0 amide bonds. The Morgan fingerprint density at radius 3 is 2.18 bits per heavy atom. The molecule has 1 heterocycles. The van der Waals surface area contributed by atoms with Crippen molar-refractivity contribution in [3.63, 3.8) is 0 Å². The first-order chi connectivity index (χ1) is 15.9. The lowest BCUT2D eigenvalue weighted by molar-refractivity contribution is 0.482. The van der Waals surface area contributed by atoms with Gasteiger partial charge in [0, 0.05) is 5.39 Å². The first-order valence-corrected chi connectivity index (χ1v) is 12.2. The third-order valence-electron chi connectivity index (χ3n) is 5.07. The van der Waals surface area contributed by atoms with Crippen LogP contribution in [0.5, 0.6) is 11.5 Å². The number of rotatable bonds is 5. The van der Waals surface area contributed by atoms with Crippen molar-refractivity contribution in [3.8, 4) is 11.5 Å². The second kappa shape index (κ2) is 8.56. The summed E-state index contributed by atoms with van der Waals surface area (Å²) in [7, 11) is -3.85. The second-order valence-electron chi connectivity index (χ2n) is 7.35. The highest BCUT2D eigenvalue weighted by Gasteiger charge is 2.18. The van der Waals surface area contributed by atoms with Gasteiger partial charge in [0.05, 0.1) is 32.3 Å². The molecule has 5 rings (SSSR count). The van der Waals surface area contributed by atoms with Gasteiger partial charge < -0.3 is 4.74 Å². The van der Waals surface area contributed by atoms with E-state index in [9.17, 15) is 8.42 Å². The van der Waals surface area contributed by atoms with Crippen LogP contribution in [0.3, 0.4) is 0 Å². The molecular formula is C25H16Cl2N2O3S. The Morgan fingerprint density at radius 1 is 0.758 bits per heavy atom. The van der Waals surface area contributed by atoms with Crippen LogP contribution in [0.15, 0.2) is 96.0 Å². The van der Waals surface area contributed by atoms with E-state index >= 15 is 0 Å². The summed E-state index contributed by atoms with van der Waals surface area (Å²) < 4.78 is 34.3. The topological polar surface area (TPSA) is 68.3 Å². The molecule has 0 saturated carbocycles. The molecule has 0 aliphatic rings. The van der Waals surface area contributed by atoms with Crippen molar-refractivity contribution in [2.24, 2.45) is 0 Å². The lowest BCUT2D eigenvalue weighted by Gasteiger charge is -2.13. The number of aromatic nitrogens is 1. The molecule has 0 fully saturated rings. The van der Waals surface area contributed by atoms with Gasteiger partial charge in [-0.15, -0.1) is 0 Å². The van der Waals surface area contributed by atoms with Gasteiger partial charge in [0.15, 0.2) is 5.75 Å². The Bertz CT molecular complexity index is 1600. The van der Waals surface area contributed by atoms with Gasteiger partial charge in [-0.05, 0) is 47.2 Å². The number of anilines is 1. The molecule has 5 nitrogen and oxygen atoms in total. The van der Waals surface area contributed by atoms with Crippen molar-refractivity contribution in [1.82, 2.24) is 4.98 Å². The van der Waals surface area contributed by atoms with E-state index in [1.807, 2.05) is 54.6 Å². The van der Waals surface area contributed by atoms with Crippen LogP contribution < -0.4 is 9.46 Å². The molecule has 0 radical (unpaired) electrons. The smallest absolute Gasteiger partial charge is 0.261 e. The molecular weight excluding hydrogens is 479 g/mol. The van der Waals surface area contributed by atoms with Crippen molar-refractivity contribution < 1.29 is 13.2 Å². The maximum absolute atomic E-state index is 12.9. The zero-order valence-electron chi connectivity index (χ0n) is 17.0. The van der Waals surface area contributed by atoms with Gasteiger partial charge in [0.25, 0.3) is 10.0 Å². The average molecular weight is 495 g/mol. The van der Waals surface area contributed by atoms with Gasteiger partial charge in [0.1, 0.15) is 5.75 Å². The zero-order chi connectivity index (χ0) is 23.0. The second-order valence-corrected chi connectivity index (χ2v) is 9.85. The van der Waals surface area contributed by atoms with Crippen LogP contribution in [0.25, 0.3) is 21.7 Å². The Balaban J connectivity index is 1.42. The SMILES string of the molecule is O=S(=O)(Nc1cc(Cl)c(Oc2cnc3ccccc3c2)c(Cl)c1)c1ccc2ccccc2c1. The van der Waals surface area contributed by atoms with E-state index < -0.39 is 10.0 Å². The summed E-state index contributed by atoms with van der Waals surface area (Å²) in [4.78, 5) is 4.49. The maximum atomic E-state index is 12.9. The minimum absolute atomic E-state index is 0.135. The average Bonchev–Trinajstić information content (AvgIpc) is 2.81. The fraction of sp³-hybridized carbons (Fsp3) is 0. The highest BCUT2D eigenvalue weighted by atomic mass is 35.5. The highest BCUT2D eigenvalue weighted by molar-refractivity contribution is 7.92. The summed E-state index contributed by atoms with van der Waals surface area (Å²) >= 11 is 12.8. The number of nitrogens with one attached hydrogen (secondary N) is 1. The van der Waals surface area contributed by atoms with E-state index in [1.165, 1.54) is 12.1 Å². The molecule has 0 spiro atoms. The van der Waals surface area contributed by atoms with Crippen LogP contribution in [-0.2, 0) is 10.0 Å². The molecule has 8 heteroatoms. The fourth-order valence-electron chi connectivity index (χ4n) is 3.49. The van der Waals surface area contributed by atoms with Gasteiger partial charge in [-0.2, -0.15) is 0 Å². The standard InChI is InChI=1S/C25H16Cl2N2O3S/c26-22-13-19(29-33(30,31)21-10-9-16-5-1-2-6-17(16)12-21)14-23(27)25(22)32-20-11-18-7-3-4-8-24(18)28-15-20/h1-15,29H. The molecule has 0 unspecified atom stereocenters. The van der Waals surface area contributed by atoms with Crippen LogP contribution in [0, 0.1) is 0 Å². The third kappa shape index (κ3) is 4.46. The quantitative estimate of drug-likeness (QED) is 0.278. The third-order valence-corrected chi connectivity index (χ3v) is 7.01. The first-order valence-electron chi connectivity index (χ1n) is 9.92. The van der Waals surface area contributed by atoms with Gasteiger partial charge in [-0.1, -0.05) is 71.7 Å².